The number of aliphatic hydroxyl groups excluding tert-OH is 1. The summed E-state index contributed by atoms with van der Waals surface area (Å²) in [6.07, 6.45) is -1.01. The second kappa shape index (κ2) is 18.8. The monoisotopic (exact) mass is 688 g/mol. The third-order valence-corrected chi connectivity index (χ3v) is 9.02. The third kappa shape index (κ3) is 11.4. The van der Waals surface area contributed by atoms with Gasteiger partial charge >= 0.3 is 5.97 Å². The molecule has 50 heavy (non-hydrogen) atoms. The first kappa shape index (κ1) is 39.7. The average Bonchev–Trinajstić information content (AvgIpc) is 3.07. The Morgan fingerprint density at radius 2 is 1.24 bits per heavy atom. The van der Waals surface area contributed by atoms with E-state index < -0.39 is 60.4 Å². The van der Waals surface area contributed by atoms with Gasteiger partial charge in [0.15, 0.2) is 0 Å². The maximum absolute atomic E-state index is 13.7. The summed E-state index contributed by atoms with van der Waals surface area (Å²) in [6.45, 7) is 10.6. The lowest BCUT2D eigenvalue weighted by molar-refractivity contribution is -0.143. The number of hydrogen-bond donors (Lipinski definition) is 6. The molecule has 0 heterocycles. The molecule has 0 fully saturated rings. The fraction of sp³-hybridized carbons (Fsp3) is 0.462. The van der Waals surface area contributed by atoms with Gasteiger partial charge in [-0.3, -0.25) is 19.2 Å². The smallest absolute Gasteiger partial charge is 0.326 e. The molecular weight excluding hydrogens is 636 g/mol. The van der Waals surface area contributed by atoms with Crippen molar-refractivity contribution >= 4 is 40.4 Å². The van der Waals surface area contributed by atoms with Gasteiger partial charge < -0.3 is 31.5 Å². The summed E-state index contributed by atoms with van der Waals surface area (Å²) in [5, 5.41) is 33.9. The summed E-state index contributed by atoms with van der Waals surface area (Å²) in [5.74, 6) is -4.28. The van der Waals surface area contributed by atoms with Gasteiger partial charge in [-0.1, -0.05) is 121 Å². The molecule has 270 valence electrons. The molecule has 3 rings (SSSR count). The Morgan fingerprint density at radius 3 is 1.86 bits per heavy atom. The minimum Gasteiger partial charge on any atom is -0.480 e. The predicted octanol–water partition coefficient (Wildman–Crippen LogP) is 3.76. The zero-order valence-corrected chi connectivity index (χ0v) is 29.8. The molecule has 0 bridgehead atoms. The van der Waals surface area contributed by atoms with E-state index in [4.69, 9.17) is 0 Å². The molecule has 3 aromatic carbocycles. The van der Waals surface area contributed by atoms with Crippen LogP contribution in [0.25, 0.3) is 10.8 Å². The van der Waals surface area contributed by atoms with E-state index in [0.29, 0.717) is 6.42 Å². The summed E-state index contributed by atoms with van der Waals surface area (Å²) in [6, 6.07) is 18.7. The van der Waals surface area contributed by atoms with Gasteiger partial charge in [-0.05, 0) is 46.1 Å². The van der Waals surface area contributed by atoms with E-state index in [-0.39, 0.29) is 36.5 Å². The zero-order chi connectivity index (χ0) is 37.0. The van der Waals surface area contributed by atoms with Crippen molar-refractivity contribution in [3.8, 4) is 0 Å². The summed E-state index contributed by atoms with van der Waals surface area (Å²) >= 11 is 0. The standard InChI is InChI=1S/C39H52N4O7/c1-7-25(6)36(38(48)43-35(24(4)5)39(49)50)42-33(46)22-31(44)30(20-26-14-9-8-10-15-26)40-37(47)34(23(2)3)41-32(45)21-28-18-13-17-27-16-11-12-19-29(27)28/h8-19,23-25,30-31,34-36,44H,7,20-22H2,1-6H3,(H,40,47)(H,41,45)(H,42,46)(H,43,48)(H,49,50)/t25-,30-,31-,34-,35-,36-/m0/s1. The number of benzene rings is 3. The number of aliphatic carboxylic acids is 1. The minimum atomic E-state index is -1.36. The first-order valence-electron chi connectivity index (χ1n) is 17.3. The van der Waals surface area contributed by atoms with E-state index in [1.165, 1.54) is 0 Å². The number of hydrogen-bond acceptors (Lipinski definition) is 6. The van der Waals surface area contributed by atoms with E-state index in [9.17, 15) is 34.2 Å². The van der Waals surface area contributed by atoms with Gasteiger partial charge in [0, 0.05) is 0 Å². The van der Waals surface area contributed by atoms with Crippen molar-refractivity contribution in [1.29, 1.82) is 0 Å². The largest absolute Gasteiger partial charge is 0.480 e. The lowest BCUT2D eigenvalue weighted by Gasteiger charge is -2.30. The number of carboxylic acid groups (broad SMARTS) is 1. The number of amides is 4. The van der Waals surface area contributed by atoms with Crippen molar-refractivity contribution in [2.24, 2.45) is 17.8 Å². The number of carboxylic acids is 1. The van der Waals surface area contributed by atoms with E-state index in [1.807, 2.05) is 93.6 Å². The molecule has 0 spiro atoms. The highest BCUT2D eigenvalue weighted by molar-refractivity contribution is 5.93. The molecule has 0 aromatic heterocycles. The molecule has 3 aromatic rings. The molecule has 0 saturated carbocycles. The van der Waals surface area contributed by atoms with Crippen LogP contribution >= 0.6 is 0 Å². The lowest BCUT2D eigenvalue weighted by Crippen LogP contribution is -2.57. The molecule has 11 heteroatoms. The first-order valence-corrected chi connectivity index (χ1v) is 17.3. The van der Waals surface area contributed by atoms with Gasteiger partial charge in [-0.2, -0.15) is 0 Å². The van der Waals surface area contributed by atoms with E-state index in [1.54, 1.807) is 20.8 Å². The van der Waals surface area contributed by atoms with Crippen LogP contribution in [0.1, 0.15) is 65.5 Å². The third-order valence-electron chi connectivity index (χ3n) is 9.02. The molecule has 0 aliphatic carbocycles. The second-order valence-corrected chi connectivity index (χ2v) is 13.7. The Kier molecular flexibility index (Phi) is 14.9. The van der Waals surface area contributed by atoms with E-state index in [0.717, 1.165) is 21.9 Å². The normalized spacial score (nSPS) is 15.0. The molecule has 6 atom stereocenters. The number of rotatable bonds is 18. The number of nitrogens with one attached hydrogen (secondary N) is 4. The summed E-state index contributed by atoms with van der Waals surface area (Å²) in [4.78, 5) is 65.2. The topological polar surface area (TPSA) is 174 Å². The molecular formula is C39H52N4O7. The number of carbonyl (C=O) groups is 5. The average molecular weight is 689 g/mol. The van der Waals surface area contributed by atoms with Gasteiger partial charge in [0.1, 0.15) is 18.1 Å². The van der Waals surface area contributed by atoms with Crippen LogP contribution in [-0.2, 0) is 36.8 Å². The van der Waals surface area contributed by atoms with Gasteiger partial charge in [-0.25, -0.2) is 4.79 Å². The fourth-order valence-corrected chi connectivity index (χ4v) is 5.83. The maximum Gasteiger partial charge on any atom is 0.326 e. The van der Waals surface area contributed by atoms with Crippen molar-refractivity contribution in [1.82, 2.24) is 21.3 Å². The Morgan fingerprint density at radius 1 is 0.660 bits per heavy atom. The van der Waals surface area contributed by atoms with Crippen molar-refractivity contribution in [2.75, 3.05) is 0 Å². The first-order chi connectivity index (χ1) is 23.7. The van der Waals surface area contributed by atoms with Crippen molar-refractivity contribution in [3.05, 3.63) is 83.9 Å². The van der Waals surface area contributed by atoms with Gasteiger partial charge in [0.25, 0.3) is 0 Å². The van der Waals surface area contributed by atoms with Crippen molar-refractivity contribution in [2.45, 2.75) is 97.5 Å². The second-order valence-electron chi connectivity index (χ2n) is 13.7. The molecule has 4 amide bonds. The Balaban J connectivity index is 1.75. The molecule has 11 nitrogen and oxygen atoms in total. The van der Waals surface area contributed by atoms with Gasteiger partial charge in [0.05, 0.1) is 25.0 Å². The summed E-state index contributed by atoms with van der Waals surface area (Å²) in [5.41, 5.74) is 1.64. The Hall–Kier alpha value is -4.77. The molecule has 0 radical (unpaired) electrons. The predicted molar refractivity (Wildman–Crippen MR) is 193 cm³/mol. The lowest BCUT2D eigenvalue weighted by atomic mass is 9.95. The fourth-order valence-electron chi connectivity index (χ4n) is 5.83. The SMILES string of the molecule is CC[C@H](C)[C@H](NC(=O)C[C@H](O)[C@H](Cc1ccccc1)NC(=O)[C@@H](NC(=O)Cc1cccc2ccccc12)C(C)C)C(=O)N[C@H](C(=O)O)C(C)C. The Bertz CT molecular complexity index is 1600. The molecule has 6 N–H and O–H groups in total. The van der Waals surface area contributed by atoms with E-state index >= 15 is 0 Å². The van der Waals surface area contributed by atoms with Crippen LogP contribution < -0.4 is 21.3 Å². The summed E-state index contributed by atoms with van der Waals surface area (Å²) < 4.78 is 0. The number of carbonyl (C=O) groups excluding carboxylic acids is 4. The van der Waals surface area contributed by atoms with E-state index in [2.05, 4.69) is 21.3 Å². The van der Waals surface area contributed by atoms with Crippen LogP contribution in [-0.4, -0.2) is 70.1 Å². The van der Waals surface area contributed by atoms with Crippen LogP contribution in [0.4, 0.5) is 0 Å². The Labute approximate surface area is 294 Å². The quantitative estimate of drug-likeness (QED) is 0.118. The number of aliphatic hydroxyl groups is 1. The highest BCUT2D eigenvalue weighted by Gasteiger charge is 2.34. The van der Waals surface area contributed by atoms with Crippen LogP contribution in [0.2, 0.25) is 0 Å². The molecule has 0 unspecified atom stereocenters. The highest BCUT2D eigenvalue weighted by Crippen LogP contribution is 2.19. The number of fused-ring (bicyclic) bond motifs is 1. The van der Waals surface area contributed by atoms with Crippen LogP contribution in [0.15, 0.2) is 72.8 Å². The summed E-state index contributed by atoms with van der Waals surface area (Å²) in [7, 11) is 0. The zero-order valence-electron chi connectivity index (χ0n) is 29.8. The molecule has 0 aliphatic rings. The van der Waals surface area contributed by atoms with Gasteiger partial charge in [-0.15, -0.1) is 0 Å². The van der Waals surface area contributed by atoms with Crippen LogP contribution in [0.5, 0.6) is 0 Å². The van der Waals surface area contributed by atoms with Crippen molar-refractivity contribution in [3.63, 3.8) is 0 Å². The highest BCUT2D eigenvalue weighted by atomic mass is 16.4. The van der Waals surface area contributed by atoms with Gasteiger partial charge in [0.2, 0.25) is 23.6 Å². The van der Waals surface area contributed by atoms with Crippen molar-refractivity contribution < 1.29 is 34.2 Å². The van der Waals surface area contributed by atoms with Crippen LogP contribution in [0, 0.1) is 17.8 Å². The molecule has 0 aliphatic heterocycles. The molecule has 0 saturated heterocycles. The van der Waals surface area contributed by atoms with Crippen LogP contribution in [0.3, 0.4) is 0 Å². The minimum absolute atomic E-state index is 0.0728. The maximum atomic E-state index is 13.7.